The number of alkyl halides is 2. The molecule has 3 N–H and O–H groups in total. The molecule has 1 aromatic carbocycles. The van der Waals surface area contributed by atoms with Gasteiger partial charge in [0.2, 0.25) is 0 Å². The molecule has 0 aliphatic carbocycles. The first-order chi connectivity index (χ1) is 10.0. The van der Waals surface area contributed by atoms with E-state index >= 15 is 0 Å². The van der Waals surface area contributed by atoms with Crippen LogP contribution in [0.2, 0.25) is 0 Å². The maximum absolute atomic E-state index is 12.1. The van der Waals surface area contributed by atoms with Crippen LogP contribution in [0, 0.1) is 6.92 Å². The van der Waals surface area contributed by atoms with Crippen LogP contribution in [0.25, 0.3) is 11.4 Å². The second-order valence-electron chi connectivity index (χ2n) is 4.37. The molecule has 5 nitrogen and oxygen atoms in total. The summed E-state index contributed by atoms with van der Waals surface area (Å²) in [5, 5.41) is 0. The van der Waals surface area contributed by atoms with Crippen LogP contribution < -0.4 is 16.0 Å². The minimum absolute atomic E-state index is 0.0914. The summed E-state index contributed by atoms with van der Waals surface area (Å²) in [5.74, 6) is 6.57. The minimum atomic E-state index is -2.84. The van der Waals surface area contributed by atoms with Gasteiger partial charge in [-0.15, -0.1) is 0 Å². The Bertz CT molecular complexity index is 592. The van der Waals surface area contributed by atoms with Crippen molar-refractivity contribution < 1.29 is 13.5 Å². The van der Waals surface area contributed by atoms with E-state index in [1.54, 1.807) is 12.1 Å². The van der Waals surface area contributed by atoms with Crippen LogP contribution >= 0.6 is 0 Å². The molecule has 21 heavy (non-hydrogen) atoms. The van der Waals surface area contributed by atoms with Gasteiger partial charge in [0.25, 0.3) is 0 Å². The quantitative estimate of drug-likeness (QED) is 0.655. The number of aryl methyl sites for hydroxylation is 1. The van der Waals surface area contributed by atoms with Crippen molar-refractivity contribution in [3.8, 4) is 17.1 Å². The van der Waals surface area contributed by atoms with Crippen molar-refractivity contribution >= 4 is 5.82 Å². The van der Waals surface area contributed by atoms with Crippen LogP contribution in [0.15, 0.2) is 24.3 Å². The summed E-state index contributed by atoms with van der Waals surface area (Å²) in [6.45, 7) is 1.03. The number of aromatic nitrogens is 2. The van der Waals surface area contributed by atoms with Crippen molar-refractivity contribution in [1.82, 2.24) is 9.97 Å². The molecular formula is C14H16F2N4O. The monoisotopic (exact) mass is 294 g/mol. The number of benzene rings is 1. The van der Waals surface area contributed by atoms with Gasteiger partial charge in [-0.3, -0.25) is 0 Å². The molecule has 2 rings (SSSR count). The van der Waals surface area contributed by atoms with Gasteiger partial charge in [-0.25, -0.2) is 15.8 Å². The van der Waals surface area contributed by atoms with Crippen molar-refractivity contribution in [1.29, 1.82) is 0 Å². The van der Waals surface area contributed by atoms with Gasteiger partial charge in [-0.1, -0.05) is 6.92 Å². The lowest BCUT2D eigenvalue weighted by molar-refractivity contribution is -0.0498. The smallest absolute Gasteiger partial charge is 0.387 e. The van der Waals surface area contributed by atoms with Gasteiger partial charge in [-0.2, -0.15) is 8.78 Å². The molecule has 112 valence electrons. The Hall–Kier alpha value is -2.28. The number of nitrogens with two attached hydrogens (primary N) is 1. The molecule has 0 fully saturated rings. The van der Waals surface area contributed by atoms with E-state index in [4.69, 9.17) is 5.84 Å². The third-order valence-corrected chi connectivity index (χ3v) is 3.06. The first-order valence-corrected chi connectivity index (χ1v) is 6.44. The molecule has 0 atom stereocenters. The van der Waals surface area contributed by atoms with Gasteiger partial charge < -0.3 is 10.2 Å². The number of hydrogen-bond acceptors (Lipinski definition) is 5. The maximum atomic E-state index is 12.1. The zero-order valence-electron chi connectivity index (χ0n) is 11.7. The molecule has 0 unspecified atom stereocenters. The van der Waals surface area contributed by atoms with E-state index < -0.39 is 6.61 Å². The topological polar surface area (TPSA) is 73.1 Å². The van der Waals surface area contributed by atoms with Crippen molar-refractivity contribution in [2.75, 3.05) is 5.43 Å². The first-order valence-electron chi connectivity index (χ1n) is 6.44. The van der Waals surface area contributed by atoms with Crippen LogP contribution in [-0.4, -0.2) is 16.6 Å². The van der Waals surface area contributed by atoms with Crippen molar-refractivity contribution in [2.45, 2.75) is 26.9 Å². The molecule has 0 saturated heterocycles. The Kier molecular flexibility index (Phi) is 4.64. The highest BCUT2D eigenvalue weighted by Crippen LogP contribution is 2.24. The molecule has 0 saturated carbocycles. The largest absolute Gasteiger partial charge is 0.435 e. The highest BCUT2D eigenvalue weighted by molar-refractivity contribution is 5.60. The Morgan fingerprint density at radius 3 is 2.43 bits per heavy atom. The Morgan fingerprint density at radius 2 is 1.90 bits per heavy atom. The fraction of sp³-hybridized carbons (Fsp3) is 0.286. The molecule has 1 aromatic heterocycles. The van der Waals surface area contributed by atoms with E-state index in [1.807, 2.05) is 13.8 Å². The Morgan fingerprint density at radius 1 is 1.24 bits per heavy atom. The SMILES string of the molecule is CCc1nc(-c2ccc(OC(F)F)cc2)nc(NN)c1C. The maximum Gasteiger partial charge on any atom is 0.387 e. The van der Waals surface area contributed by atoms with Crippen LogP contribution in [0.4, 0.5) is 14.6 Å². The van der Waals surface area contributed by atoms with E-state index in [9.17, 15) is 8.78 Å². The highest BCUT2D eigenvalue weighted by Gasteiger charge is 2.11. The number of nitrogens with one attached hydrogen (secondary N) is 1. The van der Waals surface area contributed by atoms with E-state index in [-0.39, 0.29) is 5.75 Å². The lowest BCUT2D eigenvalue weighted by Crippen LogP contribution is -2.13. The summed E-state index contributed by atoms with van der Waals surface area (Å²) >= 11 is 0. The molecule has 2 aromatic rings. The molecule has 0 aliphatic rings. The Labute approximate surface area is 121 Å². The van der Waals surface area contributed by atoms with E-state index in [0.717, 1.165) is 17.7 Å². The van der Waals surface area contributed by atoms with Crippen LogP contribution in [-0.2, 0) is 6.42 Å². The molecule has 0 amide bonds. The standard InChI is InChI=1S/C14H16F2N4O/c1-3-11-8(2)12(20-17)19-13(18-11)9-4-6-10(7-5-9)21-14(15)16/h4-7,14H,3,17H2,1-2H3,(H,18,19,20). The number of rotatable bonds is 5. The fourth-order valence-electron chi connectivity index (χ4n) is 1.96. The summed E-state index contributed by atoms with van der Waals surface area (Å²) in [6.07, 6.45) is 0.739. The Balaban J connectivity index is 2.37. The number of nitrogens with zero attached hydrogens (tertiary/aromatic N) is 2. The number of hydrogen-bond donors (Lipinski definition) is 2. The predicted molar refractivity (Wildman–Crippen MR) is 76.0 cm³/mol. The first kappa shape index (κ1) is 15.1. The number of nitrogen functional groups attached to an aromatic ring is 1. The van der Waals surface area contributed by atoms with Gasteiger partial charge in [0.15, 0.2) is 5.82 Å². The second-order valence-corrected chi connectivity index (χ2v) is 4.37. The average molecular weight is 294 g/mol. The minimum Gasteiger partial charge on any atom is -0.435 e. The summed E-state index contributed by atoms with van der Waals surface area (Å²) < 4.78 is 28.5. The summed E-state index contributed by atoms with van der Waals surface area (Å²) in [6, 6.07) is 6.15. The fourth-order valence-corrected chi connectivity index (χ4v) is 1.96. The van der Waals surface area contributed by atoms with E-state index in [1.165, 1.54) is 12.1 Å². The highest BCUT2D eigenvalue weighted by atomic mass is 19.3. The molecule has 0 bridgehead atoms. The zero-order valence-corrected chi connectivity index (χ0v) is 11.7. The number of halogens is 2. The third kappa shape index (κ3) is 3.43. The number of ether oxygens (including phenoxy) is 1. The number of hydrazine groups is 1. The van der Waals surface area contributed by atoms with Gasteiger partial charge in [0, 0.05) is 16.8 Å². The molecule has 7 heteroatoms. The van der Waals surface area contributed by atoms with Crippen molar-refractivity contribution in [3.63, 3.8) is 0 Å². The molecule has 1 heterocycles. The lowest BCUT2D eigenvalue weighted by atomic mass is 10.1. The summed E-state index contributed by atoms with van der Waals surface area (Å²) in [7, 11) is 0. The van der Waals surface area contributed by atoms with Crippen LogP contribution in [0.5, 0.6) is 5.75 Å². The van der Waals surface area contributed by atoms with Gasteiger partial charge in [-0.05, 0) is 37.6 Å². The molecule has 0 spiro atoms. The zero-order chi connectivity index (χ0) is 15.4. The van der Waals surface area contributed by atoms with Gasteiger partial charge in [0.1, 0.15) is 11.6 Å². The van der Waals surface area contributed by atoms with Crippen LogP contribution in [0.3, 0.4) is 0 Å². The van der Waals surface area contributed by atoms with Crippen LogP contribution in [0.1, 0.15) is 18.2 Å². The third-order valence-electron chi connectivity index (χ3n) is 3.06. The second kappa shape index (κ2) is 6.45. The van der Waals surface area contributed by atoms with E-state index in [2.05, 4.69) is 20.1 Å². The van der Waals surface area contributed by atoms with Crippen molar-refractivity contribution in [2.24, 2.45) is 5.84 Å². The predicted octanol–water partition coefficient (Wildman–Crippen LogP) is 2.90. The van der Waals surface area contributed by atoms with Gasteiger partial charge in [0.05, 0.1) is 0 Å². The number of anilines is 1. The lowest BCUT2D eigenvalue weighted by Gasteiger charge is -2.11. The van der Waals surface area contributed by atoms with Crippen molar-refractivity contribution in [3.05, 3.63) is 35.5 Å². The summed E-state index contributed by atoms with van der Waals surface area (Å²) in [4.78, 5) is 8.79. The molecular weight excluding hydrogens is 278 g/mol. The van der Waals surface area contributed by atoms with E-state index in [0.29, 0.717) is 17.2 Å². The summed E-state index contributed by atoms with van der Waals surface area (Å²) in [5.41, 5.74) is 5.01. The average Bonchev–Trinajstić information content (AvgIpc) is 2.48. The normalized spacial score (nSPS) is 10.8. The van der Waals surface area contributed by atoms with Gasteiger partial charge >= 0.3 is 6.61 Å². The molecule has 0 aliphatic heterocycles. The molecule has 0 radical (unpaired) electrons.